The summed E-state index contributed by atoms with van der Waals surface area (Å²) in [6.07, 6.45) is 1.92. The van der Waals surface area contributed by atoms with Gasteiger partial charge in [-0.1, -0.05) is 13.3 Å². The second-order valence-electron chi connectivity index (χ2n) is 5.61. The smallest absolute Gasteiger partial charge is 0.320 e. The molecular formula is C16H23N3O4. The van der Waals surface area contributed by atoms with Gasteiger partial charge in [0.15, 0.2) is 0 Å². The van der Waals surface area contributed by atoms with Crippen LogP contribution in [-0.4, -0.2) is 55.1 Å². The minimum Gasteiger partial charge on any atom is -0.465 e. The standard InChI is InChI=1S/C16H23N3O4/c1-2-3-12-23-16(20)13-17-8-10-18(11-9-17)14-4-6-15(7-5-14)19(21)22/h4-7H,2-3,8-13H2,1H3. The Morgan fingerprint density at radius 1 is 1.22 bits per heavy atom. The second kappa shape index (κ2) is 8.47. The van der Waals surface area contributed by atoms with E-state index < -0.39 is 4.92 Å². The molecule has 0 atom stereocenters. The molecule has 0 spiro atoms. The zero-order chi connectivity index (χ0) is 16.7. The minimum atomic E-state index is -0.397. The molecule has 0 aromatic heterocycles. The van der Waals surface area contributed by atoms with Gasteiger partial charge in [-0.05, 0) is 18.6 Å². The molecule has 0 aliphatic carbocycles. The molecule has 2 rings (SSSR count). The van der Waals surface area contributed by atoms with Crippen molar-refractivity contribution in [2.45, 2.75) is 19.8 Å². The van der Waals surface area contributed by atoms with Crippen LogP contribution in [0, 0.1) is 10.1 Å². The largest absolute Gasteiger partial charge is 0.465 e. The summed E-state index contributed by atoms with van der Waals surface area (Å²) < 4.78 is 5.17. The summed E-state index contributed by atoms with van der Waals surface area (Å²) in [6.45, 7) is 6.03. The van der Waals surface area contributed by atoms with Crippen LogP contribution in [0.5, 0.6) is 0 Å². The van der Waals surface area contributed by atoms with Gasteiger partial charge in [0, 0.05) is 44.0 Å². The summed E-state index contributed by atoms with van der Waals surface area (Å²) in [5, 5.41) is 10.7. The lowest BCUT2D eigenvalue weighted by Gasteiger charge is -2.35. The molecule has 1 fully saturated rings. The van der Waals surface area contributed by atoms with E-state index in [0.717, 1.165) is 44.7 Å². The Balaban J connectivity index is 1.77. The Hall–Kier alpha value is -2.15. The number of nitro groups is 1. The molecule has 1 saturated heterocycles. The Morgan fingerprint density at radius 3 is 2.43 bits per heavy atom. The number of anilines is 1. The van der Waals surface area contributed by atoms with Crippen LogP contribution in [0.3, 0.4) is 0 Å². The van der Waals surface area contributed by atoms with E-state index in [2.05, 4.69) is 16.7 Å². The van der Waals surface area contributed by atoms with Crippen LogP contribution in [0.25, 0.3) is 0 Å². The van der Waals surface area contributed by atoms with E-state index in [4.69, 9.17) is 4.74 Å². The molecule has 1 aromatic rings. The van der Waals surface area contributed by atoms with Crippen LogP contribution in [0.2, 0.25) is 0 Å². The van der Waals surface area contributed by atoms with E-state index in [0.29, 0.717) is 13.2 Å². The van der Waals surface area contributed by atoms with Gasteiger partial charge in [0.05, 0.1) is 18.1 Å². The molecule has 0 bridgehead atoms. The highest BCUT2D eigenvalue weighted by atomic mass is 16.6. The number of piperazine rings is 1. The van der Waals surface area contributed by atoms with Crippen molar-refractivity contribution >= 4 is 17.3 Å². The van der Waals surface area contributed by atoms with Crippen LogP contribution < -0.4 is 4.90 Å². The predicted octanol–water partition coefficient (Wildman–Crippen LogP) is 2.06. The molecule has 23 heavy (non-hydrogen) atoms. The molecule has 0 N–H and O–H groups in total. The summed E-state index contributed by atoms with van der Waals surface area (Å²) in [7, 11) is 0. The van der Waals surface area contributed by atoms with Crippen LogP contribution in [0.4, 0.5) is 11.4 Å². The van der Waals surface area contributed by atoms with Crippen molar-refractivity contribution in [1.29, 1.82) is 0 Å². The molecule has 7 heteroatoms. The number of ether oxygens (including phenoxy) is 1. The van der Waals surface area contributed by atoms with Gasteiger partial charge in [-0.3, -0.25) is 19.8 Å². The van der Waals surface area contributed by atoms with Crippen molar-refractivity contribution in [3.63, 3.8) is 0 Å². The molecule has 1 aliphatic heterocycles. The first-order chi connectivity index (χ1) is 11.1. The summed E-state index contributed by atoms with van der Waals surface area (Å²) in [4.78, 5) is 26.2. The number of rotatable bonds is 7. The van der Waals surface area contributed by atoms with E-state index in [1.54, 1.807) is 12.1 Å². The third-order valence-corrected chi connectivity index (χ3v) is 3.91. The molecule has 7 nitrogen and oxygen atoms in total. The minimum absolute atomic E-state index is 0.0993. The maximum absolute atomic E-state index is 11.7. The average Bonchev–Trinajstić information content (AvgIpc) is 2.56. The highest BCUT2D eigenvalue weighted by Crippen LogP contribution is 2.20. The quantitative estimate of drug-likeness (QED) is 0.331. The summed E-state index contributed by atoms with van der Waals surface area (Å²) in [5.74, 6) is -0.165. The first-order valence-corrected chi connectivity index (χ1v) is 7.97. The Labute approximate surface area is 136 Å². The van der Waals surface area contributed by atoms with Crippen molar-refractivity contribution < 1.29 is 14.5 Å². The topological polar surface area (TPSA) is 75.9 Å². The second-order valence-corrected chi connectivity index (χ2v) is 5.61. The van der Waals surface area contributed by atoms with Crippen LogP contribution in [-0.2, 0) is 9.53 Å². The van der Waals surface area contributed by atoms with Crippen molar-refractivity contribution in [3.8, 4) is 0 Å². The molecule has 1 aromatic carbocycles. The zero-order valence-corrected chi connectivity index (χ0v) is 13.4. The molecule has 0 unspecified atom stereocenters. The fourth-order valence-corrected chi connectivity index (χ4v) is 2.51. The van der Waals surface area contributed by atoms with E-state index in [9.17, 15) is 14.9 Å². The lowest BCUT2D eigenvalue weighted by Crippen LogP contribution is -2.48. The molecular weight excluding hydrogens is 298 g/mol. The molecule has 0 saturated carbocycles. The van der Waals surface area contributed by atoms with Gasteiger partial charge < -0.3 is 9.64 Å². The fourth-order valence-electron chi connectivity index (χ4n) is 2.51. The molecule has 1 heterocycles. The van der Waals surface area contributed by atoms with Gasteiger partial charge in [0.1, 0.15) is 0 Å². The first kappa shape index (κ1) is 17.2. The molecule has 0 amide bonds. The van der Waals surface area contributed by atoms with Gasteiger partial charge >= 0.3 is 5.97 Å². The third-order valence-electron chi connectivity index (χ3n) is 3.91. The van der Waals surface area contributed by atoms with E-state index in [1.165, 1.54) is 12.1 Å². The Bertz CT molecular complexity index is 525. The number of hydrogen-bond acceptors (Lipinski definition) is 6. The number of unbranched alkanes of at least 4 members (excludes halogenated alkanes) is 1. The summed E-state index contributed by atoms with van der Waals surface area (Å²) in [5.41, 5.74) is 1.07. The highest BCUT2D eigenvalue weighted by molar-refractivity contribution is 5.71. The number of non-ortho nitro benzene ring substituents is 1. The number of carbonyl (C=O) groups is 1. The predicted molar refractivity (Wildman–Crippen MR) is 87.6 cm³/mol. The normalized spacial score (nSPS) is 15.4. The average molecular weight is 321 g/mol. The maximum atomic E-state index is 11.7. The fraction of sp³-hybridized carbons (Fsp3) is 0.562. The van der Waals surface area contributed by atoms with Gasteiger partial charge in [0.25, 0.3) is 5.69 Å². The van der Waals surface area contributed by atoms with Crippen molar-refractivity contribution in [1.82, 2.24) is 4.90 Å². The number of hydrogen-bond donors (Lipinski definition) is 0. The Morgan fingerprint density at radius 2 is 1.87 bits per heavy atom. The third kappa shape index (κ3) is 5.21. The van der Waals surface area contributed by atoms with Crippen LogP contribution in [0.1, 0.15) is 19.8 Å². The number of carbonyl (C=O) groups excluding carboxylic acids is 1. The van der Waals surface area contributed by atoms with Crippen LogP contribution >= 0.6 is 0 Å². The zero-order valence-electron chi connectivity index (χ0n) is 13.4. The van der Waals surface area contributed by atoms with E-state index in [-0.39, 0.29) is 11.7 Å². The lowest BCUT2D eigenvalue weighted by molar-refractivity contribution is -0.384. The molecule has 126 valence electrons. The van der Waals surface area contributed by atoms with Crippen molar-refractivity contribution in [3.05, 3.63) is 34.4 Å². The lowest BCUT2D eigenvalue weighted by atomic mass is 10.2. The van der Waals surface area contributed by atoms with Crippen LogP contribution in [0.15, 0.2) is 24.3 Å². The molecule has 1 aliphatic rings. The molecule has 0 radical (unpaired) electrons. The highest BCUT2D eigenvalue weighted by Gasteiger charge is 2.20. The van der Waals surface area contributed by atoms with Gasteiger partial charge in [0.2, 0.25) is 0 Å². The Kier molecular flexibility index (Phi) is 6.34. The van der Waals surface area contributed by atoms with E-state index in [1.807, 2.05) is 0 Å². The number of nitrogens with zero attached hydrogens (tertiary/aromatic N) is 3. The van der Waals surface area contributed by atoms with Crippen molar-refractivity contribution in [2.75, 3.05) is 44.2 Å². The van der Waals surface area contributed by atoms with Gasteiger partial charge in [-0.25, -0.2) is 0 Å². The monoisotopic (exact) mass is 321 g/mol. The number of nitro benzene ring substituents is 1. The summed E-state index contributed by atoms with van der Waals surface area (Å²) >= 11 is 0. The number of benzene rings is 1. The van der Waals surface area contributed by atoms with Crippen molar-refractivity contribution in [2.24, 2.45) is 0 Å². The van der Waals surface area contributed by atoms with Gasteiger partial charge in [-0.15, -0.1) is 0 Å². The first-order valence-electron chi connectivity index (χ1n) is 7.97. The van der Waals surface area contributed by atoms with Gasteiger partial charge in [-0.2, -0.15) is 0 Å². The summed E-state index contributed by atoms with van der Waals surface area (Å²) in [6, 6.07) is 6.58. The van der Waals surface area contributed by atoms with E-state index >= 15 is 0 Å². The number of esters is 1. The maximum Gasteiger partial charge on any atom is 0.320 e. The SMILES string of the molecule is CCCCOC(=O)CN1CCN(c2ccc([N+](=O)[O-])cc2)CC1.